The summed E-state index contributed by atoms with van der Waals surface area (Å²) in [5, 5.41) is 0. The van der Waals surface area contributed by atoms with Crippen LogP contribution in [0.25, 0.3) is 0 Å². The fourth-order valence-corrected chi connectivity index (χ4v) is 6.35. The van der Waals surface area contributed by atoms with Crippen molar-refractivity contribution in [2.75, 3.05) is 0 Å². The second-order valence-electron chi connectivity index (χ2n) is 11.6. The van der Waals surface area contributed by atoms with E-state index in [-0.39, 0.29) is 33.1 Å². The molecule has 0 aromatic rings. The van der Waals surface area contributed by atoms with Crippen molar-refractivity contribution in [3.05, 3.63) is 37.2 Å². The van der Waals surface area contributed by atoms with Crippen molar-refractivity contribution in [3.8, 4) is 0 Å². The zero-order valence-electron chi connectivity index (χ0n) is 20.4. The van der Waals surface area contributed by atoms with Crippen molar-refractivity contribution in [3.63, 3.8) is 0 Å². The molecule has 3 aliphatic rings. The SMILES string of the molecule is CC(C)(C)N1C=CN([BH-](N2C=CN(C(C)(C)C)C2S)N2C=CN(C(C)(C)C)C2S)C1S. The topological polar surface area (TPSA) is 19.4 Å². The highest BCUT2D eigenvalue weighted by Crippen LogP contribution is 2.37. The summed E-state index contributed by atoms with van der Waals surface area (Å²) in [6.07, 6.45) is 13.0. The van der Waals surface area contributed by atoms with Gasteiger partial charge in [-0.05, 0) is 80.9 Å². The molecule has 3 atom stereocenters. The van der Waals surface area contributed by atoms with Crippen LogP contribution in [0.3, 0.4) is 0 Å². The third-order valence-corrected chi connectivity index (χ3v) is 7.83. The number of thiol groups is 3. The molecule has 31 heavy (non-hydrogen) atoms. The summed E-state index contributed by atoms with van der Waals surface area (Å²) in [6, 6.07) is 0. The van der Waals surface area contributed by atoms with Crippen LogP contribution in [0.4, 0.5) is 0 Å². The van der Waals surface area contributed by atoms with Gasteiger partial charge in [0.1, 0.15) is 16.5 Å². The molecule has 0 aliphatic carbocycles. The Bertz CT molecular complexity index is 654. The lowest BCUT2D eigenvalue weighted by Crippen LogP contribution is -2.66. The van der Waals surface area contributed by atoms with Crippen molar-refractivity contribution in [1.29, 1.82) is 0 Å². The lowest BCUT2D eigenvalue weighted by atomic mass is 9.85. The van der Waals surface area contributed by atoms with Crippen LogP contribution in [0.2, 0.25) is 0 Å². The van der Waals surface area contributed by atoms with E-state index in [0.29, 0.717) is 0 Å². The van der Waals surface area contributed by atoms with Gasteiger partial charge in [-0.1, -0.05) is 0 Å². The maximum atomic E-state index is 5.05. The van der Waals surface area contributed by atoms with Crippen molar-refractivity contribution < 1.29 is 0 Å². The lowest BCUT2D eigenvalue weighted by Gasteiger charge is -2.57. The number of nitrogens with zero attached hydrogens (tertiary/aromatic N) is 6. The molecule has 3 heterocycles. The Morgan fingerprint density at radius 2 is 0.710 bits per heavy atom. The van der Waals surface area contributed by atoms with E-state index in [1.54, 1.807) is 0 Å². The molecule has 0 aromatic heterocycles. The van der Waals surface area contributed by atoms with Gasteiger partial charge < -0.3 is 29.1 Å². The van der Waals surface area contributed by atoms with Gasteiger partial charge in [-0.15, -0.1) is 37.9 Å². The van der Waals surface area contributed by atoms with Gasteiger partial charge in [0.15, 0.2) is 0 Å². The molecule has 10 heteroatoms. The summed E-state index contributed by atoms with van der Waals surface area (Å²) >= 11 is 15.2. The molecule has 6 nitrogen and oxygen atoms in total. The third kappa shape index (κ3) is 4.62. The summed E-state index contributed by atoms with van der Waals surface area (Å²) in [4.78, 5) is 13.9. The molecule has 0 fully saturated rings. The Morgan fingerprint density at radius 1 is 0.484 bits per heavy atom. The van der Waals surface area contributed by atoms with E-state index in [4.69, 9.17) is 37.9 Å². The zero-order chi connectivity index (χ0) is 23.5. The Morgan fingerprint density at radius 3 is 0.871 bits per heavy atom. The molecule has 0 saturated heterocycles. The Balaban J connectivity index is 1.97. The number of hydrogen-bond acceptors (Lipinski definition) is 9. The van der Waals surface area contributed by atoms with E-state index < -0.39 is 7.12 Å². The Labute approximate surface area is 206 Å². The Kier molecular flexibility index (Phi) is 6.53. The minimum atomic E-state index is -1.27. The highest BCUT2D eigenvalue weighted by atomic mass is 32.1. The average molecular weight is 484 g/mol. The maximum Gasteiger partial charge on any atom is 0.271 e. The quantitative estimate of drug-likeness (QED) is 0.414. The summed E-state index contributed by atoms with van der Waals surface area (Å²) in [5.41, 5.74) is -0.308. The van der Waals surface area contributed by atoms with Gasteiger partial charge >= 0.3 is 0 Å². The maximum absolute atomic E-state index is 5.05. The average Bonchev–Trinajstić information content (AvgIpc) is 3.26. The van der Waals surface area contributed by atoms with Crippen LogP contribution in [0.1, 0.15) is 62.3 Å². The fraction of sp³-hybridized carbons (Fsp3) is 0.714. The molecule has 0 bridgehead atoms. The molecule has 0 aromatic carbocycles. The molecule has 0 spiro atoms. The smallest absolute Gasteiger partial charge is 0.271 e. The van der Waals surface area contributed by atoms with Gasteiger partial charge in [-0.3, -0.25) is 0 Å². The van der Waals surface area contributed by atoms with Crippen LogP contribution in [0, 0.1) is 0 Å². The number of hydrogen-bond donors (Lipinski definition) is 3. The standard InChI is InChI=1S/C21H40BN6S3/c1-19(2,3)23-10-13-26(16(23)29)22(27-14-11-24(17(27)30)20(4,5)6)28-15-12-25(18(28)31)21(7,8)9/h10-18,22,29-31H,1-9H3/q-1. The monoisotopic (exact) mass is 483 g/mol. The predicted octanol–water partition coefficient (Wildman–Crippen LogP) is 4.01. The van der Waals surface area contributed by atoms with Gasteiger partial charge in [-0.2, -0.15) is 0 Å². The highest BCUT2D eigenvalue weighted by Gasteiger charge is 2.42. The van der Waals surface area contributed by atoms with E-state index in [9.17, 15) is 0 Å². The van der Waals surface area contributed by atoms with Crippen molar-refractivity contribution in [2.24, 2.45) is 0 Å². The van der Waals surface area contributed by atoms with Gasteiger partial charge in [-0.25, -0.2) is 0 Å². The van der Waals surface area contributed by atoms with Gasteiger partial charge in [0.2, 0.25) is 0 Å². The summed E-state index contributed by atoms with van der Waals surface area (Å²) in [7, 11) is -1.27. The highest BCUT2D eigenvalue weighted by molar-refractivity contribution is 7.81. The van der Waals surface area contributed by atoms with Crippen LogP contribution in [0.15, 0.2) is 37.2 Å². The van der Waals surface area contributed by atoms with Gasteiger partial charge in [0, 0.05) is 35.2 Å². The van der Waals surface area contributed by atoms with E-state index in [2.05, 4.69) is 129 Å². The largest absolute Gasteiger partial charge is 0.489 e. The summed E-state index contributed by atoms with van der Waals surface area (Å²) in [5.74, 6) is 0. The van der Waals surface area contributed by atoms with Crippen molar-refractivity contribution >= 4 is 45.0 Å². The Hall–Kier alpha value is -0.865. The molecular weight excluding hydrogens is 443 g/mol. The minimum Gasteiger partial charge on any atom is -0.489 e. The summed E-state index contributed by atoms with van der Waals surface area (Å²) in [6.45, 7) is 19.9. The molecule has 3 unspecified atom stereocenters. The fourth-order valence-electron chi connectivity index (χ4n) is 4.41. The van der Waals surface area contributed by atoms with Crippen LogP contribution < -0.4 is 0 Å². The van der Waals surface area contributed by atoms with Crippen LogP contribution in [0.5, 0.6) is 0 Å². The predicted molar refractivity (Wildman–Crippen MR) is 143 cm³/mol. The molecule has 0 saturated carbocycles. The number of rotatable bonds is 3. The second kappa shape index (κ2) is 8.17. The van der Waals surface area contributed by atoms with E-state index in [1.807, 2.05) is 0 Å². The van der Waals surface area contributed by atoms with Crippen LogP contribution >= 0.6 is 37.9 Å². The third-order valence-electron chi connectivity index (χ3n) is 6.20. The summed E-state index contributed by atoms with van der Waals surface area (Å²) < 4.78 is 0. The molecule has 0 radical (unpaired) electrons. The molecule has 176 valence electrons. The normalized spacial score (nSPS) is 28.1. The molecule has 0 N–H and O–H groups in total. The van der Waals surface area contributed by atoms with Gasteiger partial charge in [0.05, 0.1) is 0 Å². The lowest BCUT2D eigenvalue weighted by molar-refractivity contribution is 0.130. The molecule has 3 aliphatic heterocycles. The first-order valence-corrected chi connectivity index (χ1v) is 12.5. The minimum absolute atomic E-state index is 0.0288. The van der Waals surface area contributed by atoms with Crippen LogP contribution in [-0.2, 0) is 0 Å². The van der Waals surface area contributed by atoms with Crippen molar-refractivity contribution in [2.45, 2.75) is 95.4 Å². The first-order valence-electron chi connectivity index (χ1n) is 11.0. The zero-order valence-corrected chi connectivity index (χ0v) is 23.1. The van der Waals surface area contributed by atoms with Gasteiger partial charge in [0.25, 0.3) is 7.12 Å². The molecule has 0 amide bonds. The van der Waals surface area contributed by atoms with E-state index in [1.165, 1.54) is 0 Å². The first kappa shape index (κ1) is 24.8. The first-order chi connectivity index (χ1) is 14.0. The van der Waals surface area contributed by atoms with Crippen LogP contribution in [-0.4, -0.2) is 69.4 Å². The van der Waals surface area contributed by atoms with Crippen molar-refractivity contribution in [1.82, 2.24) is 29.1 Å². The second-order valence-corrected chi connectivity index (χ2v) is 13.0. The molecular formula is C21H40BN6S3-. The van der Waals surface area contributed by atoms with E-state index >= 15 is 0 Å². The van der Waals surface area contributed by atoms with E-state index in [0.717, 1.165) is 0 Å². The molecule has 3 rings (SSSR count).